The topological polar surface area (TPSA) is 79.0 Å². The Morgan fingerprint density at radius 1 is 1.47 bits per heavy atom. The van der Waals surface area contributed by atoms with Gasteiger partial charge < -0.3 is 5.32 Å². The van der Waals surface area contributed by atoms with Gasteiger partial charge in [-0.3, -0.25) is 10.1 Å². The van der Waals surface area contributed by atoms with Gasteiger partial charge in [0.2, 0.25) is 0 Å². The quantitative estimate of drug-likeness (QED) is 0.666. The number of rotatable bonds is 4. The molecule has 3 atom stereocenters. The van der Waals surface area contributed by atoms with E-state index in [1.54, 1.807) is 18.2 Å². The maximum atomic E-state index is 11.0. The first kappa shape index (κ1) is 13.5. The molecule has 1 aromatic rings. The number of nitro benzene ring substituents is 1. The molecule has 100 valence electrons. The molecule has 1 aliphatic rings. The Labute approximate surface area is 112 Å². The van der Waals surface area contributed by atoms with Crippen LogP contribution in [0.3, 0.4) is 0 Å². The lowest BCUT2D eigenvalue weighted by Gasteiger charge is -2.21. The summed E-state index contributed by atoms with van der Waals surface area (Å²) in [6, 6.07) is 9.08. The van der Waals surface area contributed by atoms with Crippen LogP contribution in [0.25, 0.3) is 0 Å². The summed E-state index contributed by atoms with van der Waals surface area (Å²) < 4.78 is 0. The third kappa shape index (κ3) is 2.91. The molecule has 1 aromatic carbocycles. The molecule has 0 aliphatic heterocycles. The van der Waals surface area contributed by atoms with Crippen LogP contribution in [0.2, 0.25) is 0 Å². The lowest BCUT2D eigenvalue weighted by atomic mass is 10.0. The van der Waals surface area contributed by atoms with Crippen molar-refractivity contribution in [3.8, 4) is 6.07 Å². The van der Waals surface area contributed by atoms with E-state index in [-0.39, 0.29) is 28.6 Å². The first-order valence-electron chi connectivity index (χ1n) is 6.52. The van der Waals surface area contributed by atoms with Crippen LogP contribution in [-0.2, 0) is 0 Å². The Kier molecular flexibility index (Phi) is 4.13. The number of nitrogens with one attached hydrogen (secondary N) is 1. The molecular weight excluding hydrogens is 242 g/mol. The molecule has 0 heterocycles. The van der Waals surface area contributed by atoms with Crippen molar-refractivity contribution < 1.29 is 4.92 Å². The molecule has 0 saturated heterocycles. The fourth-order valence-corrected chi connectivity index (χ4v) is 2.74. The Morgan fingerprint density at radius 2 is 2.21 bits per heavy atom. The third-order valence-electron chi connectivity index (χ3n) is 3.75. The second-order valence-corrected chi connectivity index (χ2v) is 4.98. The van der Waals surface area contributed by atoms with Crippen molar-refractivity contribution in [2.24, 2.45) is 5.92 Å². The first-order chi connectivity index (χ1) is 9.13. The second kappa shape index (κ2) is 5.81. The molecule has 3 unspecified atom stereocenters. The average molecular weight is 259 g/mol. The zero-order valence-electron chi connectivity index (χ0n) is 10.9. The van der Waals surface area contributed by atoms with Gasteiger partial charge in [-0.1, -0.05) is 24.6 Å². The van der Waals surface area contributed by atoms with Crippen molar-refractivity contribution in [2.45, 2.75) is 38.3 Å². The summed E-state index contributed by atoms with van der Waals surface area (Å²) in [6.45, 7) is 1.91. The van der Waals surface area contributed by atoms with E-state index in [1.165, 1.54) is 6.07 Å². The number of nitro groups is 1. The summed E-state index contributed by atoms with van der Waals surface area (Å²) in [6.07, 6.45) is 2.92. The highest BCUT2D eigenvalue weighted by Crippen LogP contribution is 2.30. The van der Waals surface area contributed by atoms with Crippen LogP contribution >= 0.6 is 0 Å². The molecule has 0 spiro atoms. The first-order valence-corrected chi connectivity index (χ1v) is 6.52. The van der Waals surface area contributed by atoms with Crippen molar-refractivity contribution in [3.05, 3.63) is 39.9 Å². The van der Waals surface area contributed by atoms with Crippen LogP contribution in [0, 0.1) is 27.4 Å². The minimum absolute atomic E-state index is 0.0187. The molecule has 19 heavy (non-hydrogen) atoms. The number of para-hydroxylation sites is 1. The van der Waals surface area contributed by atoms with Gasteiger partial charge in [-0.2, -0.15) is 5.26 Å². The summed E-state index contributed by atoms with van der Waals surface area (Å²) in [4.78, 5) is 10.7. The highest BCUT2D eigenvalue weighted by atomic mass is 16.6. The second-order valence-electron chi connectivity index (χ2n) is 4.98. The molecule has 1 saturated carbocycles. The number of hydrogen-bond acceptors (Lipinski definition) is 4. The highest BCUT2D eigenvalue weighted by molar-refractivity contribution is 5.41. The maximum Gasteiger partial charge on any atom is 0.274 e. The van der Waals surface area contributed by atoms with Gasteiger partial charge in [-0.05, 0) is 19.8 Å². The molecular formula is C14H17N3O2. The highest BCUT2D eigenvalue weighted by Gasteiger charge is 2.29. The van der Waals surface area contributed by atoms with Crippen LogP contribution in [0.4, 0.5) is 5.69 Å². The van der Waals surface area contributed by atoms with Gasteiger partial charge in [0.15, 0.2) is 0 Å². The van der Waals surface area contributed by atoms with Gasteiger partial charge in [-0.15, -0.1) is 0 Å². The van der Waals surface area contributed by atoms with Gasteiger partial charge in [0.25, 0.3) is 5.69 Å². The van der Waals surface area contributed by atoms with Crippen molar-refractivity contribution in [1.82, 2.24) is 5.32 Å². The van der Waals surface area contributed by atoms with Gasteiger partial charge in [-0.25, -0.2) is 0 Å². The van der Waals surface area contributed by atoms with Crippen molar-refractivity contribution in [1.29, 1.82) is 5.26 Å². The van der Waals surface area contributed by atoms with E-state index in [1.807, 2.05) is 6.92 Å². The van der Waals surface area contributed by atoms with E-state index in [0.717, 1.165) is 19.3 Å². The molecule has 2 rings (SSSR count). The summed E-state index contributed by atoms with van der Waals surface area (Å²) in [5.41, 5.74) is 0.810. The van der Waals surface area contributed by atoms with E-state index in [4.69, 9.17) is 5.26 Å². The van der Waals surface area contributed by atoms with Gasteiger partial charge in [0.1, 0.15) is 0 Å². The Balaban J connectivity index is 2.14. The normalized spacial score (nSPS) is 23.8. The standard InChI is InChI=1S/C14H17N3O2/c1-10(16-13-7-4-5-11(13)9-15)12-6-2-3-8-14(12)17(18)19/h2-3,6,8,10-11,13,16H,4-5,7H2,1H3. The van der Waals surface area contributed by atoms with E-state index in [0.29, 0.717) is 5.56 Å². The molecule has 0 amide bonds. The fourth-order valence-electron chi connectivity index (χ4n) is 2.74. The molecule has 0 radical (unpaired) electrons. The fraction of sp³-hybridized carbons (Fsp3) is 0.500. The van der Waals surface area contributed by atoms with E-state index >= 15 is 0 Å². The van der Waals surface area contributed by atoms with E-state index in [2.05, 4.69) is 11.4 Å². The van der Waals surface area contributed by atoms with Gasteiger partial charge >= 0.3 is 0 Å². The zero-order chi connectivity index (χ0) is 13.8. The molecule has 5 nitrogen and oxygen atoms in total. The van der Waals surface area contributed by atoms with Crippen LogP contribution in [0.5, 0.6) is 0 Å². The average Bonchev–Trinajstić information content (AvgIpc) is 2.85. The van der Waals surface area contributed by atoms with E-state index in [9.17, 15) is 10.1 Å². The molecule has 5 heteroatoms. The summed E-state index contributed by atoms with van der Waals surface area (Å²) in [7, 11) is 0. The molecule has 0 bridgehead atoms. The van der Waals surface area contributed by atoms with Crippen LogP contribution in [0.15, 0.2) is 24.3 Å². The number of nitriles is 1. The van der Waals surface area contributed by atoms with Crippen molar-refractivity contribution >= 4 is 5.69 Å². The largest absolute Gasteiger partial charge is 0.306 e. The van der Waals surface area contributed by atoms with Crippen LogP contribution in [-0.4, -0.2) is 11.0 Å². The predicted molar refractivity (Wildman–Crippen MR) is 71.4 cm³/mol. The molecule has 1 N–H and O–H groups in total. The van der Waals surface area contributed by atoms with Crippen molar-refractivity contribution in [2.75, 3.05) is 0 Å². The Morgan fingerprint density at radius 3 is 2.89 bits per heavy atom. The zero-order valence-corrected chi connectivity index (χ0v) is 10.9. The third-order valence-corrected chi connectivity index (χ3v) is 3.75. The molecule has 1 fully saturated rings. The van der Waals surface area contributed by atoms with Crippen LogP contribution < -0.4 is 5.32 Å². The Bertz CT molecular complexity index is 510. The van der Waals surface area contributed by atoms with Crippen molar-refractivity contribution in [3.63, 3.8) is 0 Å². The smallest absolute Gasteiger partial charge is 0.274 e. The van der Waals surface area contributed by atoms with Gasteiger partial charge in [0.05, 0.1) is 16.9 Å². The number of nitrogens with zero attached hydrogens (tertiary/aromatic N) is 2. The number of hydrogen-bond donors (Lipinski definition) is 1. The Hall–Kier alpha value is -1.93. The lowest BCUT2D eigenvalue weighted by Crippen LogP contribution is -2.34. The van der Waals surface area contributed by atoms with Crippen LogP contribution in [0.1, 0.15) is 37.8 Å². The summed E-state index contributed by atoms with van der Waals surface area (Å²) >= 11 is 0. The number of benzene rings is 1. The molecule has 1 aliphatic carbocycles. The minimum Gasteiger partial charge on any atom is -0.306 e. The summed E-state index contributed by atoms with van der Waals surface area (Å²) in [5.74, 6) is 0.0187. The lowest BCUT2D eigenvalue weighted by molar-refractivity contribution is -0.385. The predicted octanol–water partition coefficient (Wildman–Crippen LogP) is 2.94. The minimum atomic E-state index is -0.357. The summed E-state index contributed by atoms with van der Waals surface area (Å²) in [5, 5.41) is 23.4. The van der Waals surface area contributed by atoms with Gasteiger partial charge in [0, 0.05) is 23.7 Å². The maximum absolute atomic E-state index is 11.0. The molecule has 0 aromatic heterocycles. The monoisotopic (exact) mass is 259 g/mol. The SMILES string of the molecule is CC(NC1CCCC1C#N)c1ccccc1[N+](=O)[O-]. The van der Waals surface area contributed by atoms with E-state index < -0.39 is 0 Å².